The van der Waals surface area contributed by atoms with E-state index in [9.17, 15) is 14.4 Å². The first-order chi connectivity index (χ1) is 15.8. The Kier molecular flexibility index (Phi) is 5.54. The first kappa shape index (κ1) is 21.8. The van der Waals surface area contributed by atoms with Gasteiger partial charge in [0.15, 0.2) is 12.4 Å². The van der Waals surface area contributed by atoms with Crippen LogP contribution in [0, 0.1) is 0 Å². The third-order valence-electron chi connectivity index (χ3n) is 6.28. The third-order valence-corrected chi connectivity index (χ3v) is 7.47. The summed E-state index contributed by atoms with van der Waals surface area (Å²) in [4.78, 5) is 49.2. The van der Waals surface area contributed by atoms with Crippen molar-refractivity contribution in [2.75, 3.05) is 32.6 Å². The molecule has 0 saturated heterocycles. The number of benzene rings is 1. The lowest BCUT2D eigenvalue weighted by molar-refractivity contribution is -0.120. The smallest absolute Gasteiger partial charge is 0.264 e. The zero-order valence-electron chi connectivity index (χ0n) is 19.0. The number of rotatable bonds is 5. The van der Waals surface area contributed by atoms with Crippen LogP contribution < -0.4 is 15.2 Å². The van der Waals surface area contributed by atoms with Crippen LogP contribution in [-0.4, -0.2) is 53.9 Å². The number of carbonyl (C=O) groups is 2. The van der Waals surface area contributed by atoms with E-state index in [2.05, 4.69) is 0 Å². The molecule has 0 atom stereocenters. The highest BCUT2D eigenvalue weighted by Gasteiger charge is 2.26. The Morgan fingerprint density at radius 1 is 1.21 bits per heavy atom. The Morgan fingerprint density at radius 3 is 2.79 bits per heavy atom. The van der Waals surface area contributed by atoms with Crippen molar-refractivity contribution in [3.05, 3.63) is 50.4 Å². The molecule has 5 rings (SSSR count). The molecule has 0 spiro atoms. The van der Waals surface area contributed by atoms with E-state index in [1.165, 1.54) is 14.3 Å². The number of hydrogen-bond donors (Lipinski definition) is 0. The van der Waals surface area contributed by atoms with Crippen LogP contribution in [0.4, 0.5) is 5.69 Å². The van der Waals surface area contributed by atoms with Gasteiger partial charge in [0.2, 0.25) is 0 Å². The Hall–Kier alpha value is -3.04. The van der Waals surface area contributed by atoms with Crippen molar-refractivity contribution >= 4 is 38.9 Å². The minimum Gasteiger partial charge on any atom is -0.482 e. The predicted molar refractivity (Wildman–Crippen MR) is 128 cm³/mol. The van der Waals surface area contributed by atoms with Crippen molar-refractivity contribution < 1.29 is 14.3 Å². The van der Waals surface area contributed by atoms with E-state index in [1.54, 1.807) is 36.6 Å². The Labute approximate surface area is 195 Å². The zero-order valence-corrected chi connectivity index (χ0v) is 19.8. The molecule has 0 saturated carbocycles. The van der Waals surface area contributed by atoms with Crippen molar-refractivity contribution in [1.29, 1.82) is 0 Å². The fourth-order valence-electron chi connectivity index (χ4n) is 4.53. The number of amides is 1. The van der Waals surface area contributed by atoms with Crippen molar-refractivity contribution in [3.8, 4) is 5.75 Å². The molecule has 2 aromatic heterocycles. The Balaban J connectivity index is 1.56. The number of thiophene rings is 1. The summed E-state index contributed by atoms with van der Waals surface area (Å²) in [6.07, 6.45) is 4.08. The second-order valence-electron chi connectivity index (χ2n) is 8.90. The minimum absolute atomic E-state index is 0.0171. The summed E-state index contributed by atoms with van der Waals surface area (Å²) in [6, 6.07) is 5.04. The number of hydrogen-bond acceptors (Lipinski definition) is 7. The second-order valence-corrected chi connectivity index (χ2v) is 9.98. The average Bonchev–Trinajstić information content (AvgIpc) is 3.16. The topological polar surface area (TPSA) is 84.7 Å². The lowest BCUT2D eigenvalue weighted by atomic mass is 9.97. The van der Waals surface area contributed by atoms with E-state index in [1.807, 2.05) is 19.0 Å². The van der Waals surface area contributed by atoms with Crippen LogP contribution in [0.2, 0.25) is 0 Å². The maximum Gasteiger partial charge on any atom is 0.264 e. The molecule has 8 nitrogen and oxygen atoms in total. The van der Waals surface area contributed by atoms with Crippen molar-refractivity contribution in [2.45, 2.75) is 38.8 Å². The number of aryl methyl sites for hydroxylation is 2. The lowest BCUT2D eigenvalue weighted by Crippen LogP contribution is -2.35. The summed E-state index contributed by atoms with van der Waals surface area (Å²) in [7, 11) is 5.49. The van der Waals surface area contributed by atoms with Crippen LogP contribution in [-0.2, 0) is 30.7 Å². The van der Waals surface area contributed by atoms with Crippen LogP contribution >= 0.6 is 11.3 Å². The largest absolute Gasteiger partial charge is 0.482 e. The molecular formula is C24H26N4O4S. The highest BCUT2D eigenvalue weighted by atomic mass is 32.1. The molecule has 1 aromatic carbocycles. The maximum absolute atomic E-state index is 13.6. The summed E-state index contributed by atoms with van der Waals surface area (Å²) in [6.45, 7) is 0.333. The van der Waals surface area contributed by atoms with Crippen molar-refractivity contribution in [1.82, 2.24) is 14.5 Å². The van der Waals surface area contributed by atoms with Gasteiger partial charge in [0.1, 0.15) is 16.4 Å². The van der Waals surface area contributed by atoms with E-state index in [0.29, 0.717) is 34.8 Å². The highest BCUT2D eigenvalue weighted by molar-refractivity contribution is 7.18. The quantitative estimate of drug-likeness (QED) is 0.538. The number of likely N-dealkylation sites (N-methyl/N-ethyl adjacent to an activating group) is 1. The van der Waals surface area contributed by atoms with Gasteiger partial charge in [-0.15, -0.1) is 11.3 Å². The van der Waals surface area contributed by atoms with Gasteiger partial charge in [0, 0.05) is 17.5 Å². The molecular weight excluding hydrogens is 440 g/mol. The lowest BCUT2D eigenvalue weighted by Gasteiger charge is -2.26. The molecule has 3 heterocycles. The SMILES string of the molecule is CN(C)Cc1nc2sc3c(c2c(=O)n1CC(=O)c1ccc2c(c1)N(C)C(=O)CO2)CCCC3. The minimum atomic E-state index is -0.212. The van der Waals surface area contributed by atoms with Gasteiger partial charge < -0.3 is 14.5 Å². The van der Waals surface area contributed by atoms with E-state index in [0.717, 1.165) is 36.1 Å². The van der Waals surface area contributed by atoms with E-state index >= 15 is 0 Å². The van der Waals surface area contributed by atoms with E-state index in [-0.39, 0.29) is 30.4 Å². The zero-order chi connectivity index (χ0) is 23.3. The molecule has 2 aliphatic rings. The average molecular weight is 467 g/mol. The number of anilines is 1. The van der Waals surface area contributed by atoms with Crippen LogP contribution in [0.1, 0.15) is 39.5 Å². The second kappa shape index (κ2) is 8.39. The molecule has 1 aliphatic heterocycles. The monoisotopic (exact) mass is 466 g/mol. The molecule has 3 aromatic rings. The van der Waals surface area contributed by atoms with Gasteiger partial charge >= 0.3 is 0 Å². The van der Waals surface area contributed by atoms with Crippen molar-refractivity contribution in [3.63, 3.8) is 0 Å². The van der Waals surface area contributed by atoms with Gasteiger partial charge in [0.05, 0.1) is 24.2 Å². The molecule has 0 fully saturated rings. The summed E-state index contributed by atoms with van der Waals surface area (Å²) in [5, 5.41) is 0.675. The fourth-order valence-corrected chi connectivity index (χ4v) is 5.80. The summed E-state index contributed by atoms with van der Waals surface area (Å²) in [5.41, 5.74) is 1.95. The number of nitrogens with zero attached hydrogens (tertiary/aromatic N) is 4. The Bertz CT molecular complexity index is 1340. The first-order valence-corrected chi connectivity index (χ1v) is 11.9. The fraction of sp³-hybridized carbons (Fsp3) is 0.417. The van der Waals surface area contributed by atoms with Crippen LogP contribution in [0.3, 0.4) is 0 Å². The van der Waals surface area contributed by atoms with E-state index in [4.69, 9.17) is 9.72 Å². The number of fused-ring (bicyclic) bond motifs is 4. The molecule has 33 heavy (non-hydrogen) atoms. The van der Waals surface area contributed by atoms with Gasteiger partial charge in [-0.2, -0.15) is 0 Å². The first-order valence-electron chi connectivity index (χ1n) is 11.1. The van der Waals surface area contributed by atoms with Crippen LogP contribution in [0.5, 0.6) is 5.75 Å². The Morgan fingerprint density at radius 2 is 2.00 bits per heavy atom. The molecule has 0 bridgehead atoms. The summed E-state index contributed by atoms with van der Waals surface area (Å²) in [5.74, 6) is 0.759. The van der Waals surface area contributed by atoms with Gasteiger partial charge in [-0.3, -0.25) is 19.0 Å². The van der Waals surface area contributed by atoms with Gasteiger partial charge in [-0.25, -0.2) is 4.98 Å². The van der Waals surface area contributed by atoms with Crippen molar-refractivity contribution in [2.24, 2.45) is 0 Å². The normalized spacial score (nSPS) is 15.5. The summed E-state index contributed by atoms with van der Waals surface area (Å²) >= 11 is 1.62. The standard InChI is InChI=1S/C24H26N4O4S/c1-26(2)12-20-25-23-22(15-6-4-5-7-19(15)33-23)24(31)28(20)11-17(29)14-8-9-18-16(10-14)27(3)21(30)13-32-18/h8-10H,4-7,11-13H2,1-3H3. The molecule has 0 unspecified atom stereocenters. The highest BCUT2D eigenvalue weighted by Crippen LogP contribution is 2.34. The maximum atomic E-state index is 13.6. The van der Waals surface area contributed by atoms with Gasteiger partial charge in [-0.1, -0.05) is 0 Å². The number of aromatic nitrogens is 2. The number of carbonyl (C=O) groups excluding carboxylic acids is 2. The summed E-state index contributed by atoms with van der Waals surface area (Å²) < 4.78 is 6.99. The molecule has 1 amide bonds. The van der Waals surface area contributed by atoms with Gasteiger partial charge in [0.25, 0.3) is 11.5 Å². The predicted octanol–water partition coefficient (Wildman–Crippen LogP) is 2.64. The molecule has 0 radical (unpaired) electrons. The molecule has 172 valence electrons. The number of ketones is 1. The van der Waals surface area contributed by atoms with Crippen LogP contribution in [0.25, 0.3) is 10.2 Å². The molecule has 9 heteroatoms. The number of Topliss-reactive ketones (excluding diaryl/α,β-unsaturated/α-hetero) is 1. The molecule has 0 N–H and O–H groups in total. The van der Waals surface area contributed by atoms with Gasteiger partial charge in [-0.05, 0) is 63.5 Å². The molecule has 1 aliphatic carbocycles. The third kappa shape index (κ3) is 3.85. The number of ether oxygens (including phenoxy) is 1. The van der Waals surface area contributed by atoms with E-state index < -0.39 is 0 Å². The van der Waals surface area contributed by atoms with Crippen LogP contribution in [0.15, 0.2) is 23.0 Å².